The number of Topliss-reactive ketones (excluding diaryl/α,β-unsaturated/α-hetero) is 1. The number of nitrogens with zero attached hydrogens (tertiary/aromatic N) is 2. The van der Waals surface area contributed by atoms with Gasteiger partial charge in [-0.05, 0) is 91.5 Å². The largest absolute Gasteiger partial charge is 0.373 e. The van der Waals surface area contributed by atoms with Crippen molar-refractivity contribution in [1.29, 1.82) is 10.5 Å². The van der Waals surface area contributed by atoms with Crippen molar-refractivity contribution in [1.82, 2.24) is 0 Å². The number of terminal acetylenes is 1. The Bertz CT molecular complexity index is 2250. The van der Waals surface area contributed by atoms with Gasteiger partial charge in [-0.25, -0.2) is 0 Å². The standard InChI is InChI=1S/C24H29NO2Si.C20H19NO2.2CO2.2CH4/c1-16-13-23(4)19(22(2,3)21(16)27)8-9-24(10-11-28(5,6)7)14-17(15-25)18(26)12-20(23)24;1-5-20-9-6-15-18(2,3)17(23)7-8-19(15,4)16(20)10-14(22)13(11-20)12-21;2*2-1-3;;/h12-14,19H,8-9H2,1-7H3;1,7-8,10-11,15H,6,9H2,2-4H3;;;2*1H4/t19-,23-,24+;15-,19-,20-;;;;/m00..../s1. The van der Waals surface area contributed by atoms with Crippen molar-refractivity contribution in [3.8, 4) is 35.9 Å². The molecule has 0 aromatic carbocycles. The molecule has 0 saturated heterocycles. The van der Waals surface area contributed by atoms with Crippen LogP contribution in [0.2, 0.25) is 19.6 Å². The molecule has 0 heterocycles. The number of hydrogen-bond donors (Lipinski definition) is 0. The van der Waals surface area contributed by atoms with Crippen molar-refractivity contribution in [2.75, 3.05) is 0 Å². The van der Waals surface area contributed by atoms with Gasteiger partial charge in [-0.1, -0.05) is 100 Å². The first-order chi connectivity index (χ1) is 26.3. The Labute approximate surface area is 350 Å². The van der Waals surface area contributed by atoms with Crippen molar-refractivity contribution >= 4 is 43.5 Å². The number of rotatable bonds is 0. The van der Waals surface area contributed by atoms with E-state index in [1.807, 2.05) is 52.8 Å². The van der Waals surface area contributed by atoms with Crippen LogP contribution in [0.1, 0.15) is 89.0 Å². The van der Waals surface area contributed by atoms with Gasteiger partial charge in [0.2, 0.25) is 0 Å². The van der Waals surface area contributed by atoms with E-state index in [1.54, 1.807) is 24.3 Å². The van der Waals surface area contributed by atoms with Crippen LogP contribution in [0.5, 0.6) is 0 Å². The maximum absolute atomic E-state index is 12.9. The highest BCUT2D eigenvalue weighted by Gasteiger charge is 2.60. The van der Waals surface area contributed by atoms with Crippen LogP contribution in [0.4, 0.5) is 0 Å². The van der Waals surface area contributed by atoms with E-state index in [1.165, 1.54) is 0 Å². The second-order valence-electron chi connectivity index (χ2n) is 18.0. The molecule has 310 valence electrons. The molecule has 0 bridgehead atoms. The van der Waals surface area contributed by atoms with E-state index in [9.17, 15) is 29.7 Å². The van der Waals surface area contributed by atoms with Gasteiger partial charge in [-0.3, -0.25) is 19.2 Å². The zero-order chi connectivity index (χ0) is 43.6. The lowest BCUT2D eigenvalue weighted by Crippen LogP contribution is -2.53. The first-order valence-corrected chi connectivity index (χ1v) is 22.1. The molecule has 11 heteroatoms. The van der Waals surface area contributed by atoms with E-state index in [-0.39, 0.29) is 73.3 Å². The van der Waals surface area contributed by atoms with E-state index >= 15 is 0 Å². The van der Waals surface area contributed by atoms with Gasteiger partial charge in [0.05, 0.1) is 22.0 Å². The third-order valence-corrected chi connectivity index (χ3v) is 13.5. The fourth-order valence-corrected chi connectivity index (χ4v) is 10.7. The van der Waals surface area contributed by atoms with Gasteiger partial charge < -0.3 is 0 Å². The van der Waals surface area contributed by atoms with Crippen LogP contribution >= 0.6 is 0 Å². The van der Waals surface area contributed by atoms with Crippen LogP contribution in [0.25, 0.3) is 0 Å². The normalized spacial score (nSPS) is 31.1. The fourth-order valence-electron chi connectivity index (χ4n) is 10.1. The highest BCUT2D eigenvalue weighted by Crippen LogP contribution is 2.64. The zero-order valence-corrected chi connectivity index (χ0v) is 35.3. The van der Waals surface area contributed by atoms with Gasteiger partial charge in [-0.2, -0.15) is 29.7 Å². The van der Waals surface area contributed by atoms with Gasteiger partial charge in [0.25, 0.3) is 0 Å². The molecule has 0 aliphatic heterocycles. The van der Waals surface area contributed by atoms with E-state index in [0.717, 1.165) is 36.0 Å². The second-order valence-corrected chi connectivity index (χ2v) is 22.7. The van der Waals surface area contributed by atoms with Crippen LogP contribution in [0.3, 0.4) is 0 Å². The lowest BCUT2D eigenvalue weighted by Gasteiger charge is -2.56. The summed E-state index contributed by atoms with van der Waals surface area (Å²) in [6.07, 6.45) is 21.6. The van der Waals surface area contributed by atoms with Crippen molar-refractivity contribution in [2.24, 2.45) is 44.3 Å². The summed E-state index contributed by atoms with van der Waals surface area (Å²) in [5, 5.41) is 18.7. The Morgan fingerprint density at radius 2 is 1.12 bits per heavy atom. The van der Waals surface area contributed by atoms with Gasteiger partial charge >= 0.3 is 12.3 Å². The molecule has 2 saturated carbocycles. The molecule has 0 aromatic rings. The molecule has 0 unspecified atom stereocenters. The summed E-state index contributed by atoms with van der Waals surface area (Å²) in [7, 11) is -1.65. The lowest BCUT2D eigenvalue weighted by atomic mass is 9.45. The van der Waals surface area contributed by atoms with E-state index in [2.05, 4.69) is 63.0 Å². The summed E-state index contributed by atoms with van der Waals surface area (Å²) in [6, 6.07) is 4.02. The quantitative estimate of drug-likeness (QED) is 0.171. The summed E-state index contributed by atoms with van der Waals surface area (Å²) >= 11 is 0. The van der Waals surface area contributed by atoms with Crippen molar-refractivity contribution in [2.45, 2.75) is 109 Å². The van der Waals surface area contributed by atoms with Crippen molar-refractivity contribution < 1.29 is 38.4 Å². The van der Waals surface area contributed by atoms with E-state index in [4.69, 9.17) is 25.6 Å². The minimum Gasteiger partial charge on any atom is -0.294 e. The summed E-state index contributed by atoms with van der Waals surface area (Å²) < 4.78 is 0. The molecule has 0 spiro atoms. The molecular weight excluding hydrogens is 761 g/mol. The Morgan fingerprint density at radius 1 is 0.695 bits per heavy atom. The summed E-state index contributed by atoms with van der Waals surface area (Å²) in [4.78, 5) is 82.6. The molecule has 0 amide bonds. The molecule has 0 radical (unpaired) electrons. The zero-order valence-electron chi connectivity index (χ0n) is 34.3. The molecule has 10 nitrogen and oxygen atoms in total. The summed E-state index contributed by atoms with van der Waals surface area (Å²) in [5.74, 6) is 6.31. The van der Waals surface area contributed by atoms with Gasteiger partial charge in [0.1, 0.15) is 20.2 Å². The SMILES string of the molecule is C.C.C#C[C@]12C=C(C#N)C(=O)C=C1[C@@]1(C)C=CC(=O)C(C)(C)[C@@H]1CC2.CC1=C[C@]2(C)C3=CC(=O)C(C#N)=C[C@]3(C#C[Si](C)(C)C)CC[C@H]2C(C)(C)C1=O.O=C=O.O=C=O. The van der Waals surface area contributed by atoms with Crippen molar-refractivity contribution in [3.05, 3.63) is 70.4 Å². The van der Waals surface area contributed by atoms with Gasteiger partial charge in [-0.15, -0.1) is 12.0 Å². The number of carbonyl (C=O) groups is 4. The number of carbonyl (C=O) groups excluding carboxylic acids is 8. The predicted octanol–water partition coefficient (Wildman–Crippen LogP) is 8.04. The van der Waals surface area contributed by atoms with E-state index < -0.39 is 40.6 Å². The highest BCUT2D eigenvalue weighted by atomic mass is 28.3. The van der Waals surface area contributed by atoms with Crippen molar-refractivity contribution in [3.63, 3.8) is 0 Å². The molecule has 6 rings (SSSR count). The average molecular weight is 817 g/mol. The lowest BCUT2D eigenvalue weighted by molar-refractivity contribution is -0.193. The third-order valence-electron chi connectivity index (χ3n) is 12.7. The van der Waals surface area contributed by atoms with Crippen LogP contribution in [0.15, 0.2) is 70.4 Å². The minimum absolute atomic E-state index is 0. The molecule has 6 aliphatic rings. The number of fused-ring (bicyclic) bond motifs is 6. The molecule has 0 N–H and O–H groups in total. The van der Waals surface area contributed by atoms with Crippen LogP contribution in [-0.2, 0) is 38.4 Å². The van der Waals surface area contributed by atoms with Crippen LogP contribution in [-0.4, -0.2) is 43.5 Å². The topological polar surface area (TPSA) is 184 Å². The first kappa shape index (κ1) is 51.2. The Kier molecular flexibility index (Phi) is 15.6. The number of hydrogen-bond acceptors (Lipinski definition) is 10. The van der Waals surface area contributed by atoms with Gasteiger partial charge in [0.15, 0.2) is 23.1 Å². The van der Waals surface area contributed by atoms with Crippen LogP contribution in [0, 0.1) is 90.8 Å². The molecule has 6 atom stereocenters. The maximum atomic E-state index is 12.9. The van der Waals surface area contributed by atoms with E-state index in [0.29, 0.717) is 6.42 Å². The molecule has 6 aliphatic carbocycles. The molecule has 59 heavy (non-hydrogen) atoms. The Morgan fingerprint density at radius 3 is 1.56 bits per heavy atom. The molecule has 2 fully saturated rings. The monoisotopic (exact) mass is 816 g/mol. The predicted molar refractivity (Wildman–Crippen MR) is 224 cm³/mol. The Hall–Kier alpha value is -5.80. The molecule has 0 aromatic heterocycles. The van der Waals surface area contributed by atoms with Crippen LogP contribution < -0.4 is 0 Å². The third kappa shape index (κ3) is 8.95. The maximum Gasteiger partial charge on any atom is 0.373 e. The number of ketones is 4. The summed E-state index contributed by atoms with van der Waals surface area (Å²) in [6.45, 7) is 20.6. The smallest absolute Gasteiger partial charge is 0.294 e. The number of allylic oxidation sites excluding steroid dienone is 12. The second kappa shape index (κ2) is 18.0. The number of nitriles is 2. The first-order valence-electron chi connectivity index (χ1n) is 18.6. The molecular formula is C48H56N2O8Si. The fraction of sp³-hybridized carbons (Fsp3) is 0.500. The average Bonchev–Trinajstić information content (AvgIpc) is 3.12. The minimum atomic E-state index is -1.65. The Balaban J connectivity index is 0.000000511. The van der Waals surface area contributed by atoms with Gasteiger partial charge in [0, 0.05) is 21.7 Å². The highest BCUT2D eigenvalue weighted by molar-refractivity contribution is 6.83. The summed E-state index contributed by atoms with van der Waals surface area (Å²) in [5.41, 5.74) is 3.19.